The van der Waals surface area contributed by atoms with Crippen molar-refractivity contribution in [1.82, 2.24) is 10.3 Å². The molecular weight excluding hydrogens is 358 g/mol. The number of carbonyl (C=O) groups excluding carboxylic acids is 1. The van der Waals surface area contributed by atoms with Crippen LogP contribution in [0.1, 0.15) is 22.6 Å². The van der Waals surface area contributed by atoms with Crippen LogP contribution in [0, 0.1) is 5.92 Å². The van der Waals surface area contributed by atoms with Gasteiger partial charge in [0.1, 0.15) is 0 Å². The molecule has 1 atom stereocenters. The highest BCUT2D eigenvalue weighted by Gasteiger charge is 2.28. The Balaban J connectivity index is 1.30. The standard InChI is InChI=1S/C21H25N3O2S/c25-20(22-10-4-7-16-5-2-1-3-6-16)17-8-9-19-18(15-17)23-21(27-19)24-11-13-26-14-12-24/h1-7,17H,8-15H2,(H,22,25)/b7-4+. The molecule has 1 N–H and O–H groups in total. The van der Waals surface area contributed by atoms with Crippen molar-refractivity contribution in [1.29, 1.82) is 0 Å². The maximum absolute atomic E-state index is 12.5. The number of hydrogen-bond donors (Lipinski definition) is 1. The van der Waals surface area contributed by atoms with E-state index in [2.05, 4.69) is 22.3 Å². The quantitative estimate of drug-likeness (QED) is 0.863. The summed E-state index contributed by atoms with van der Waals surface area (Å²) in [5.74, 6) is 0.168. The lowest BCUT2D eigenvalue weighted by molar-refractivity contribution is -0.125. The van der Waals surface area contributed by atoms with E-state index in [9.17, 15) is 4.79 Å². The molecule has 1 aliphatic heterocycles. The van der Waals surface area contributed by atoms with E-state index in [-0.39, 0.29) is 11.8 Å². The highest BCUT2D eigenvalue weighted by molar-refractivity contribution is 7.15. The molecule has 6 heteroatoms. The number of benzene rings is 1. The number of nitrogens with zero attached hydrogens (tertiary/aromatic N) is 2. The molecule has 142 valence electrons. The van der Waals surface area contributed by atoms with Crippen LogP contribution < -0.4 is 10.2 Å². The Hall–Kier alpha value is -2.18. The van der Waals surface area contributed by atoms with E-state index in [0.717, 1.165) is 62.0 Å². The van der Waals surface area contributed by atoms with Crippen LogP contribution in [0.2, 0.25) is 0 Å². The van der Waals surface area contributed by atoms with Crippen molar-refractivity contribution < 1.29 is 9.53 Å². The average Bonchev–Trinajstić information content (AvgIpc) is 3.16. The van der Waals surface area contributed by atoms with Crippen molar-refractivity contribution in [3.63, 3.8) is 0 Å². The molecule has 1 unspecified atom stereocenters. The number of anilines is 1. The summed E-state index contributed by atoms with van der Waals surface area (Å²) in [5.41, 5.74) is 2.26. The topological polar surface area (TPSA) is 54.5 Å². The van der Waals surface area contributed by atoms with Crippen LogP contribution >= 0.6 is 11.3 Å². The molecule has 1 fully saturated rings. The second-order valence-corrected chi connectivity index (χ2v) is 8.03. The molecule has 2 aromatic rings. The van der Waals surface area contributed by atoms with E-state index < -0.39 is 0 Å². The van der Waals surface area contributed by atoms with Crippen molar-refractivity contribution in [3.05, 3.63) is 52.5 Å². The molecule has 5 nitrogen and oxygen atoms in total. The zero-order valence-electron chi connectivity index (χ0n) is 15.4. The third-order valence-corrected chi connectivity index (χ3v) is 6.30. The highest BCUT2D eigenvalue weighted by Crippen LogP contribution is 2.34. The Bertz CT molecular complexity index is 797. The van der Waals surface area contributed by atoms with Gasteiger partial charge in [0.05, 0.1) is 18.9 Å². The Kier molecular flexibility index (Phi) is 5.84. The molecule has 0 spiro atoms. The number of morpholine rings is 1. The first-order valence-corrected chi connectivity index (χ1v) is 10.4. The molecule has 27 heavy (non-hydrogen) atoms. The molecule has 1 aromatic heterocycles. The van der Waals surface area contributed by atoms with Gasteiger partial charge in [-0.05, 0) is 18.4 Å². The third kappa shape index (κ3) is 4.57. The van der Waals surface area contributed by atoms with Crippen LogP contribution in [-0.2, 0) is 22.4 Å². The fourth-order valence-electron chi connectivity index (χ4n) is 3.54. The maximum Gasteiger partial charge on any atom is 0.223 e. The van der Waals surface area contributed by atoms with Gasteiger partial charge in [0.15, 0.2) is 5.13 Å². The van der Waals surface area contributed by atoms with Crippen LogP contribution in [0.5, 0.6) is 0 Å². The SMILES string of the molecule is O=C(NC/C=C/c1ccccc1)C1CCc2sc(N3CCOCC3)nc2C1. The van der Waals surface area contributed by atoms with Gasteiger partial charge >= 0.3 is 0 Å². The molecule has 0 bridgehead atoms. The summed E-state index contributed by atoms with van der Waals surface area (Å²) in [7, 11) is 0. The lowest BCUT2D eigenvalue weighted by Gasteiger charge is -2.26. The first kappa shape index (κ1) is 18.2. The van der Waals surface area contributed by atoms with Crippen molar-refractivity contribution in [3.8, 4) is 0 Å². The Morgan fingerprint density at radius 1 is 1.30 bits per heavy atom. The zero-order chi connectivity index (χ0) is 18.5. The molecule has 1 aromatic carbocycles. The molecule has 0 saturated carbocycles. The predicted octanol–water partition coefficient (Wildman–Crippen LogP) is 2.91. The van der Waals surface area contributed by atoms with Crippen LogP contribution in [0.15, 0.2) is 36.4 Å². The Morgan fingerprint density at radius 2 is 2.11 bits per heavy atom. The zero-order valence-corrected chi connectivity index (χ0v) is 16.2. The van der Waals surface area contributed by atoms with E-state index in [4.69, 9.17) is 9.72 Å². The highest BCUT2D eigenvalue weighted by atomic mass is 32.1. The number of amides is 1. The van der Waals surface area contributed by atoms with Gasteiger partial charge in [-0.1, -0.05) is 42.5 Å². The Morgan fingerprint density at radius 3 is 2.93 bits per heavy atom. The van der Waals surface area contributed by atoms with Crippen molar-refractivity contribution in [2.45, 2.75) is 19.3 Å². The first-order valence-electron chi connectivity index (χ1n) is 9.60. The summed E-state index contributed by atoms with van der Waals surface area (Å²) in [6, 6.07) is 10.1. The van der Waals surface area contributed by atoms with E-state index in [1.165, 1.54) is 4.88 Å². The summed E-state index contributed by atoms with van der Waals surface area (Å²) in [4.78, 5) is 21.0. The molecule has 2 heterocycles. The molecule has 1 aliphatic carbocycles. The van der Waals surface area contributed by atoms with Crippen LogP contribution in [-0.4, -0.2) is 43.7 Å². The van der Waals surface area contributed by atoms with E-state index in [0.29, 0.717) is 6.54 Å². The van der Waals surface area contributed by atoms with Gasteiger partial charge in [0.2, 0.25) is 5.91 Å². The molecule has 1 saturated heterocycles. The maximum atomic E-state index is 12.5. The van der Waals surface area contributed by atoms with E-state index in [1.807, 2.05) is 30.4 Å². The summed E-state index contributed by atoms with van der Waals surface area (Å²) in [6.45, 7) is 3.92. The minimum Gasteiger partial charge on any atom is -0.378 e. The van der Waals surface area contributed by atoms with Crippen LogP contribution in [0.4, 0.5) is 5.13 Å². The van der Waals surface area contributed by atoms with Crippen LogP contribution in [0.3, 0.4) is 0 Å². The molecule has 2 aliphatic rings. The molecule has 4 rings (SSSR count). The smallest absolute Gasteiger partial charge is 0.223 e. The lowest BCUT2D eigenvalue weighted by Crippen LogP contribution is -2.36. The molecular formula is C21H25N3O2S. The largest absolute Gasteiger partial charge is 0.378 e. The van der Waals surface area contributed by atoms with Crippen molar-refractivity contribution in [2.24, 2.45) is 5.92 Å². The number of fused-ring (bicyclic) bond motifs is 1. The second-order valence-electron chi connectivity index (χ2n) is 6.96. The molecule has 0 radical (unpaired) electrons. The van der Waals surface area contributed by atoms with Gasteiger partial charge in [-0.2, -0.15) is 0 Å². The predicted molar refractivity (Wildman–Crippen MR) is 109 cm³/mol. The van der Waals surface area contributed by atoms with Gasteiger partial charge in [-0.25, -0.2) is 4.98 Å². The number of ether oxygens (including phenoxy) is 1. The van der Waals surface area contributed by atoms with Gasteiger partial charge in [-0.3, -0.25) is 4.79 Å². The van der Waals surface area contributed by atoms with Gasteiger partial charge in [0, 0.05) is 36.9 Å². The van der Waals surface area contributed by atoms with Crippen LogP contribution in [0.25, 0.3) is 6.08 Å². The van der Waals surface area contributed by atoms with Gasteiger partial charge < -0.3 is 15.0 Å². The summed E-state index contributed by atoms with van der Waals surface area (Å²) in [6.07, 6.45) is 6.65. The van der Waals surface area contributed by atoms with E-state index >= 15 is 0 Å². The minimum absolute atomic E-state index is 0.0299. The lowest BCUT2D eigenvalue weighted by atomic mass is 9.90. The fraction of sp³-hybridized carbons (Fsp3) is 0.429. The fourth-order valence-corrected chi connectivity index (χ4v) is 4.70. The van der Waals surface area contributed by atoms with Gasteiger partial charge in [-0.15, -0.1) is 11.3 Å². The van der Waals surface area contributed by atoms with Gasteiger partial charge in [0.25, 0.3) is 0 Å². The Labute approximate surface area is 164 Å². The normalized spacial score (nSPS) is 19.9. The summed E-state index contributed by atoms with van der Waals surface area (Å²) >= 11 is 1.79. The molecule has 1 amide bonds. The van der Waals surface area contributed by atoms with E-state index in [1.54, 1.807) is 11.3 Å². The number of hydrogen-bond acceptors (Lipinski definition) is 5. The monoisotopic (exact) mass is 383 g/mol. The van der Waals surface area contributed by atoms with Crippen molar-refractivity contribution in [2.75, 3.05) is 37.7 Å². The minimum atomic E-state index is 0.0299. The third-order valence-electron chi connectivity index (χ3n) is 5.08. The number of nitrogens with one attached hydrogen (secondary N) is 1. The summed E-state index contributed by atoms with van der Waals surface area (Å²) in [5, 5.41) is 4.14. The number of aromatic nitrogens is 1. The second kappa shape index (κ2) is 8.67. The average molecular weight is 384 g/mol. The number of carbonyl (C=O) groups is 1. The summed E-state index contributed by atoms with van der Waals surface area (Å²) < 4.78 is 5.42. The van der Waals surface area contributed by atoms with Crippen molar-refractivity contribution >= 4 is 28.5 Å². The first-order chi connectivity index (χ1) is 13.3. The number of rotatable bonds is 5. The number of aryl methyl sites for hydroxylation is 1. The number of thiazole rings is 1.